The van der Waals surface area contributed by atoms with E-state index in [0.717, 1.165) is 0 Å². The molecule has 1 aromatic heterocycles. The number of benzene rings is 1. The van der Waals surface area contributed by atoms with E-state index in [2.05, 4.69) is 4.98 Å². The lowest BCUT2D eigenvalue weighted by molar-refractivity contribution is 0.0691. The molecule has 2 N–H and O–H groups in total. The molecule has 1 aromatic carbocycles. The van der Waals surface area contributed by atoms with Crippen molar-refractivity contribution in [2.75, 3.05) is 7.11 Å². The number of hydrogen-bond acceptors (Lipinski definition) is 2. The molecule has 0 spiro atoms. The maximum atomic E-state index is 13.4. The molecule has 0 unspecified atom stereocenters. The summed E-state index contributed by atoms with van der Waals surface area (Å²) in [5.41, 5.74) is 1.07. The molecule has 0 aliphatic heterocycles. The number of hydrogen-bond donors (Lipinski definition) is 2. The van der Waals surface area contributed by atoms with E-state index in [-0.39, 0.29) is 11.4 Å². The number of ether oxygens (including phenoxy) is 1. The first kappa shape index (κ1) is 10.5. The van der Waals surface area contributed by atoms with Crippen LogP contribution in [0.2, 0.25) is 0 Å². The van der Waals surface area contributed by atoms with Gasteiger partial charge in [0.05, 0.1) is 12.6 Å². The van der Waals surface area contributed by atoms with Crippen molar-refractivity contribution in [3.63, 3.8) is 0 Å². The van der Waals surface area contributed by atoms with Gasteiger partial charge in [-0.15, -0.1) is 0 Å². The fourth-order valence-electron chi connectivity index (χ4n) is 1.80. The first-order valence-corrected chi connectivity index (χ1v) is 4.64. The van der Waals surface area contributed by atoms with Gasteiger partial charge in [0.1, 0.15) is 5.69 Å². The van der Waals surface area contributed by atoms with Gasteiger partial charge in [0.25, 0.3) is 0 Å². The number of methoxy groups -OCH3 is 1. The molecule has 4 nitrogen and oxygen atoms in total. The normalized spacial score (nSPS) is 10.7. The number of aromatic amines is 1. The van der Waals surface area contributed by atoms with Gasteiger partial charge in [0.15, 0.2) is 11.6 Å². The van der Waals surface area contributed by atoms with Crippen molar-refractivity contribution >= 4 is 16.9 Å². The summed E-state index contributed by atoms with van der Waals surface area (Å²) in [5.74, 6) is -1.51. The molecule has 2 aromatic rings. The molecule has 2 rings (SSSR count). The van der Waals surface area contributed by atoms with Crippen LogP contribution in [0.25, 0.3) is 10.9 Å². The summed E-state index contributed by atoms with van der Waals surface area (Å²) in [6, 6.07) is 2.73. The standard InChI is InChI=1S/C11H10FNO3/c1-5-8-7(13-9(5)11(14)15)4-3-6(12)10(8)16-2/h3-4,13H,1-2H3,(H,14,15). The first-order valence-electron chi connectivity index (χ1n) is 4.64. The minimum atomic E-state index is -1.07. The lowest BCUT2D eigenvalue weighted by Gasteiger charge is -2.03. The molecule has 16 heavy (non-hydrogen) atoms. The predicted molar refractivity (Wildman–Crippen MR) is 56.5 cm³/mol. The Bertz CT molecular complexity index is 574. The molecule has 0 aliphatic carbocycles. The molecule has 0 bridgehead atoms. The number of aromatic nitrogens is 1. The topological polar surface area (TPSA) is 62.3 Å². The first-order chi connectivity index (χ1) is 7.56. The third kappa shape index (κ3) is 1.32. The Morgan fingerprint density at radius 1 is 1.50 bits per heavy atom. The average molecular weight is 223 g/mol. The van der Waals surface area contributed by atoms with Gasteiger partial charge in [0, 0.05) is 5.39 Å². The second kappa shape index (κ2) is 3.52. The smallest absolute Gasteiger partial charge is 0.352 e. The third-order valence-corrected chi connectivity index (χ3v) is 2.54. The van der Waals surface area contributed by atoms with Crippen LogP contribution in [0.15, 0.2) is 12.1 Å². The van der Waals surface area contributed by atoms with Crippen LogP contribution < -0.4 is 4.74 Å². The summed E-state index contributed by atoms with van der Waals surface area (Å²) in [6.45, 7) is 1.62. The fourth-order valence-corrected chi connectivity index (χ4v) is 1.80. The number of H-pyrrole nitrogens is 1. The van der Waals surface area contributed by atoms with Crippen molar-refractivity contribution in [2.45, 2.75) is 6.92 Å². The van der Waals surface area contributed by atoms with Gasteiger partial charge in [-0.05, 0) is 24.6 Å². The van der Waals surface area contributed by atoms with E-state index in [1.54, 1.807) is 6.92 Å². The SMILES string of the molecule is COc1c(F)ccc2[nH]c(C(=O)O)c(C)c12. The molecule has 84 valence electrons. The van der Waals surface area contributed by atoms with Gasteiger partial charge in [-0.1, -0.05) is 0 Å². The Hall–Kier alpha value is -2.04. The van der Waals surface area contributed by atoms with E-state index in [0.29, 0.717) is 16.5 Å². The Morgan fingerprint density at radius 3 is 2.75 bits per heavy atom. The number of halogens is 1. The Kier molecular flexibility index (Phi) is 2.30. The number of carbonyl (C=O) groups is 1. The molecule has 0 atom stereocenters. The minimum absolute atomic E-state index is 0.0545. The molecule has 0 saturated carbocycles. The molecular formula is C11H10FNO3. The van der Waals surface area contributed by atoms with E-state index < -0.39 is 11.8 Å². The van der Waals surface area contributed by atoms with Crippen LogP contribution in [-0.4, -0.2) is 23.2 Å². The molecule has 0 aliphatic rings. The maximum absolute atomic E-state index is 13.4. The van der Waals surface area contributed by atoms with Crippen LogP contribution in [0.3, 0.4) is 0 Å². The van der Waals surface area contributed by atoms with Crippen molar-refractivity contribution in [2.24, 2.45) is 0 Å². The van der Waals surface area contributed by atoms with Gasteiger partial charge in [0.2, 0.25) is 0 Å². The van der Waals surface area contributed by atoms with Crippen LogP contribution >= 0.6 is 0 Å². The number of carboxylic acids is 1. The minimum Gasteiger partial charge on any atom is -0.493 e. The van der Waals surface area contributed by atoms with Crippen molar-refractivity contribution in [3.05, 3.63) is 29.2 Å². The zero-order valence-electron chi connectivity index (χ0n) is 8.80. The fraction of sp³-hybridized carbons (Fsp3) is 0.182. The molecule has 0 fully saturated rings. The molecule has 5 heteroatoms. The van der Waals surface area contributed by atoms with Crippen molar-refractivity contribution < 1.29 is 19.0 Å². The van der Waals surface area contributed by atoms with Crippen LogP contribution in [0, 0.1) is 12.7 Å². The summed E-state index contributed by atoms with van der Waals surface area (Å²) in [6.07, 6.45) is 0. The van der Waals surface area contributed by atoms with Crippen LogP contribution in [0.5, 0.6) is 5.75 Å². The molecular weight excluding hydrogens is 213 g/mol. The van der Waals surface area contributed by atoms with E-state index in [1.807, 2.05) is 0 Å². The van der Waals surface area contributed by atoms with Crippen molar-refractivity contribution in [1.29, 1.82) is 0 Å². The van der Waals surface area contributed by atoms with E-state index >= 15 is 0 Å². The highest BCUT2D eigenvalue weighted by atomic mass is 19.1. The summed E-state index contributed by atoms with van der Waals surface area (Å²) < 4.78 is 18.4. The van der Waals surface area contributed by atoms with E-state index in [4.69, 9.17) is 9.84 Å². The zero-order valence-corrected chi connectivity index (χ0v) is 8.80. The van der Waals surface area contributed by atoms with Gasteiger partial charge in [-0.25, -0.2) is 9.18 Å². The predicted octanol–water partition coefficient (Wildman–Crippen LogP) is 2.32. The van der Waals surface area contributed by atoms with Gasteiger partial charge in [-0.3, -0.25) is 0 Å². The van der Waals surface area contributed by atoms with Crippen molar-refractivity contribution in [1.82, 2.24) is 4.98 Å². The van der Waals surface area contributed by atoms with Crippen LogP contribution in [0.1, 0.15) is 16.1 Å². The molecule has 0 amide bonds. The lowest BCUT2D eigenvalue weighted by atomic mass is 10.1. The second-order valence-corrected chi connectivity index (χ2v) is 3.43. The highest BCUT2D eigenvalue weighted by Crippen LogP contribution is 2.32. The largest absolute Gasteiger partial charge is 0.493 e. The van der Waals surface area contributed by atoms with Gasteiger partial charge in [-0.2, -0.15) is 0 Å². The van der Waals surface area contributed by atoms with E-state index in [9.17, 15) is 9.18 Å². The van der Waals surface area contributed by atoms with E-state index in [1.165, 1.54) is 19.2 Å². The maximum Gasteiger partial charge on any atom is 0.352 e. The Labute approximate surface area is 90.7 Å². The number of aryl methyl sites for hydroxylation is 1. The summed E-state index contributed by atoms with van der Waals surface area (Å²) >= 11 is 0. The number of rotatable bonds is 2. The molecule has 0 saturated heterocycles. The monoisotopic (exact) mass is 223 g/mol. The zero-order chi connectivity index (χ0) is 11.9. The number of nitrogens with one attached hydrogen (secondary N) is 1. The third-order valence-electron chi connectivity index (χ3n) is 2.54. The molecule has 0 radical (unpaired) electrons. The Morgan fingerprint density at radius 2 is 2.19 bits per heavy atom. The summed E-state index contributed by atoms with van der Waals surface area (Å²) in [4.78, 5) is 13.6. The van der Waals surface area contributed by atoms with Gasteiger partial charge >= 0.3 is 5.97 Å². The Balaban J connectivity index is 2.87. The summed E-state index contributed by atoms with van der Waals surface area (Å²) in [7, 11) is 1.35. The highest BCUT2D eigenvalue weighted by Gasteiger charge is 2.18. The number of aromatic carboxylic acids is 1. The lowest BCUT2D eigenvalue weighted by Crippen LogP contribution is -1.98. The second-order valence-electron chi connectivity index (χ2n) is 3.43. The highest BCUT2D eigenvalue weighted by molar-refractivity contribution is 5.99. The summed E-state index contributed by atoms with van der Waals surface area (Å²) in [5, 5.41) is 9.41. The number of fused-ring (bicyclic) bond motifs is 1. The van der Waals surface area contributed by atoms with Crippen molar-refractivity contribution in [3.8, 4) is 5.75 Å². The van der Waals surface area contributed by atoms with Crippen LogP contribution in [0.4, 0.5) is 4.39 Å². The number of carboxylic acid groups (broad SMARTS) is 1. The van der Waals surface area contributed by atoms with Crippen LogP contribution in [-0.2, 0) is 0 Å². The quantitative estimate of drug-likeness (QED) is 0.821. The molecule has 1 heterocycles. The van der Waals surface area contributed by atoms with Gasteiger partial charge < -0.3 is 14.8 Å². The average Bonchev–Trinajstić information content (AvgIpc) is 2.57.